The number of hydrogen-bond donors (Lipinski definition) is 1. The number of aryl methyl sites for hydroxylation is 1. The van der Waals surface area contributed by atoms with Gasteiger partial charge in [0.2, 0.25) is 5.88 Å². The van der Waals surface area contributed by atoms with Crippen LogP contribution < -0.4 is 4.74 Å². The highest BCUT2D eigenvalue weighted by atomic mass is 32.1. The lowest BCUT2D eigenvalue weighted by atomic mass is 10.1. The van der Waals surface area contributed by atoms with Gasteiger partial charge >= 0.3 is 12.1 Å². The first kappa shape index (κ1) is 20.2. The Kier molecular flexibility index (Phi) is 6.65. The quantitative estimate of drug-likeness (QED) is 0.871. The predicted molar refractivity (Wildman–Crippen MR) is 90.2 cm³/mol. The second-order valence-electron chi connectivity index (χ2n) is 5.75. The Bertz CT molecular complexity index is 729. The van der Waals surface area contributed by atoms with E-state index in [1.54, 1.807) is 7.11 Å². The molecule has 6 nitrogen and oxygen atoms in total. The van der Waals surface area contributed by atoms with E-state index in [9.17, 15) is 13.2 Å². The molecule has 1 aliphatic rings. The number of fused-ring (bicyclic) bond motifs is 1. The number of ether oxygens (including phenoxy) is 1. The van der Waals surface area contributed by atoms with E-state index in [0.29, 0.717) is 0 Å². The van der Waals surface area contributed by atoms with Crippen LogP contribution in [0.5, 0.6) is 5.88 Å². The minimum atomic E-state index is -5.08. The maximum atomic E-state index is 10.6. The van der Waals surface area contributed by atoms with Gasteiger partial charge in [0.15, 0.2) is 0 Å². The third-order valence-corrected chi connectivity index (χ3v) is 4.77. The van der Waals surface area contributed by atoms with Gasteiger partial charge in [-0.1, -0.05) is 6.07 Å². The smallest absolute Gasteiger partial charge is 0.480 e. The second-order valence-corrected chi connectivity index (χ2v) is 6.79. The maximum Gasteiger partial charge on any atom is 0.490 e. The van der Waals surface area contributed by atoms with Crippen LogP contribution in [0.4, 0.5) is 13.2 Å². The van der Waals surface area contributed by atoms with E-state index in [1.807, 2.05) is 23.1 Å². The lowest BCUT2D eigenvalue weighted by molar-refractivity contribution is -0.192. The number of halogens is 3. The molecule has 0 spiro atoms. The third-order valence-electron chi connectivity index (χ3n) is 3.91. The molecule has 0 atom stereocenters. The first-order chi connectivity index (χ1) is 12.2. The van der Waals surface area contributed by atoms with E-state index in [-0.39, 0.29) is 0 Å². The van der Waals surface area contributed by atoms with Crippen LogP contribution in [0.15, 0.2) is 17.5 Å². The van der Waals surface area contributed by atoms with E-state index in [1.165, 1.54) is 22.6 Å². The van der Waals surface area contributed by atoms with Crippen molar-refractivity contribution in [3.05, 3.63) is 33.6 Å². The topological polar surface area (TPSA) is 67.6 Å². The summed E-state index contributed by atoms with van der Waals surface area (Å²) >= 11 is 1.83. The van der Waals surface area contributed by atoms with E-state index < -0.39 is 12.1 Å². The lowest BCUT2D eigenvalue weighted by Crippen LogP contribution is -2.23. The van der Waals surface area contributed by atoms with E-state index in [2.05, 4.69) is 27.5 Å². The van der Waals surface area contributed by atoms with Gasteiger partial charge in [-0.15, -0.1) is 16.4 Å². The van der Waals surface area contributed by atoms with Crippen molar-refractivity contribution >= 4 is 17.3 Å². The molecule has 0 aliphatic carbocycles. The summed E-state index contributed by atoms with van der Waals surface area (Å²) in [5.74, 6) is -1.96. The number of hydrogen-bond acceptors (Lipinski definition) is 5. The van der Waals surface area contributed by atoms with Gasteiger partial charge in [0.05, 0.1) is 12.8 Å². The molecule has 2 aromatic heterocycles. The first-order valence-electron chi connectivity index (χ1n) is 7.86. The molecular formula is C16H20F3N3O3S. The van der Waals surface area contributed by atoms with E-state index in [0.717, 1.165) is 31.9 Å². The number of carbonyl (C=O) groups is 1. The van der Waals surface area contributed by atoms with Crippen LogP contribution in [-0.2, 0) is 31.4 Å². The van der Waals surface area contributed by atoms with Crippen molar-refractivity contribution in [2.45, 2.75) is 32.1 Å². The van der Waals surface area contributed by atoms with Crippen molar-refractivity contribution in [1.29, 1.82) is 0 Å². The summed E-state index contributed by atoms with van der Waals surface area (Å²) in [5.41, 5.74) is 2.59. The summed E-state index contributed by atoms with van der Waals surface area (Å²) in [6.07, 6.45) is -2.85. The average molecular weight is 391 g/mol. The van der Waals surface area contributed by atoms with E-state index in [4.69, 9.17) is 14.6 Å². The molecule has 144 valence electrons. The summed E-state index contributed by atoms with van der Waals surface area (Å²) < 4.78 is 39.1. The number of rotatable bonds is 3. The zero-order valence-corrected chi connectivity index (χ0v) is 15.2. The van der Waals surface area contributed by atoms with Gasteiger partial charge in [0, 0.05) is 30.6 Å². The molecule has 26 heavy (non-hydrogen) atoms. The predicted octanol–water partition coefficient (Wildman–Crippen LogP) is 3.07. The van der Waals surface area contributed by atoms with Crippen molar-refractivity contribution < 1.29 is 27.8 Å². The number of methoxy groups -OCH3 is 1. The first-order valence-corrected chi connectivity index (χ1v) is 8.74. The zero-order chi connectivity index (χ0) is 19.3. The standard InChI is InChI=1S/C14H19N3OS.C2HF3O2/c1-16-13-10-17(9-11-5-4-8-19-11)7-3-6-12(13)14(15-16)18-2;3-2(4,5)1(6)7/h4-5,8H,3,6-7,9-10H2,1-2H3;(H,6,7). The molecule has 10 heteroatoms. The minimum Gasteiger partial charge on any atom is -0.480 e. The number of thiophene rings is 1. The van der Waals surface area contributed by atoms with Crippen LogP contribution in [0.25, 0.3) is 0 Å². The van der Waals surface area contributed by atoms with Crippen molar-refractivity contribution in [3.8, 4) is 5.88 Å². The zero-order valence-electron chi connectivity index (χ0n) is 14.4. The van der Waals surface area contributed by atoms with Gasteiger partial charge < -0.3 is 9.84 Å². The fraction of sp³-hybridized carbons (Fsp3) is 0.500. The number of carboxylic acid groups (broad SMARTS) is 1. The molecule has 3 heterocycles. The molecule has 3 rings (SSSR count). The normalized spacial score (nSPS) is 14.8. The van der Waals surface area contributed by atoms with Crippen LogP contribution in [-0.4, -0.2) is 45.6 Å². The van der Waals surface area contributed by atoms with Crippen LogP contribution in [0.3, 0.4) is 0 Å². The van der Waals surface area contributed by atoms with Gasteiger partial charge in [-0.05, 0) is 30.8 Å². The minimum absolute atomic E-state index is 0.801. The number of nitrogens with zero attached hydrogens (tertiary/aromatic N) is 3. The fourth-order valence-electron chi connectivity index (χ4n) is 2.72. The van der Waals surface area contributed by atoms with Gasteiger partial charge in [-0.25, -0.2) is 4.79 Å². The molecule has 0 amide bonds. The van der Waals surface area contributed by atoms with Crippen LogP contribution in [0, 0.1) is 0 Å². The van der Waals surface area contributed by atoms with Gasteiger partial charge in [-0.3, -0.25) is 9.58 Å². The van der Waals surface area contributed by atoms with Crippen molar-refractivity contribution in [2.24, 2.45) is 7.05 Å². The molecule has 2 aromatic rings. The Morgan fingerprint density at radius 1 is 1.46 bits per heavy atom. The lowest BCUT2D eigenvalue weighted by Gasteiger charge is -2.19. The number of aromatic nitrogens is 2. The van der Waals surface area contributed by atoms with Crippen molar-refractivity contribution in [2.75, 3.05) is 13.7 Å². The molecule has 0 saturated carbocycles. The molecule has 0 bridgehead atoms. The molecule has 0 aromatic carbocycles. The summed E-state index contributed by atoms with van der Waals surface area (Å²) in [5, 5.41) is 13.7. The Balaban J connectivity index is 0.000000298. The van der Waals surface area contributed by atoms with Crippen molar-refractivity contribution in [1.82, 2.24) is 14.7 Å². The summed E-state index contributed by atoms with van der Waals surface area (Å²) in [4.78, 5) is 12.8. The summed E-state index contributed by atoms with van der Waals surface area (Å²) in [7, 11) is 3.72. The maximum absolute atomic E-state index is 10.6. The van der Waals surface area contributed by atoms with E-state index >= 15 is 0 Å². The monoisotopic (exact) mass is 391 g/mol. The number of aliphatic carboxylic acids is 1. The SMILES string of the molecule is COc1nn(C)c2c1CCCN(Cc1cccs1)C2.O=C(O)C(F)(F)F. The Morgan fingerprint density at radius 3 is 2.69 bits per heavy atom. The highest BCUT2D eigenvalue weighted by Crippen LogP contribution is 2.27. The Hall–Kier alpha value is -2.07. The van der Waals surface area contributed by atoms with Gasteiger partial charge in [-0.2, -0.15) is 13.2 Å². The fourth-order valence-corrected chi connectivity index (χ4v) is 3.46. The van der Waals surface area contributed by atoms with Crippen LogP contribution in [0.1, 0.15) is 22.6 Å². The average Bonchev–Trinajstić information content (AvgIpc) is 3.10. The van der Waals surface area contributed by atoms with Gasteiger partial charge in [0.25, 0.3) is 0 Å². The molecule has 1 N–H and O–H groups in total. The number of alkyl halides is 3. The molecular weight excluding hydrogens is 371 g/mol. The highest BCUT2D eigenvalue weighted by Gasteiger charge is 2.38. The summed E-state index contributed by atoms with van der Waals surface area (Å²) in [6.45, 7) is 3.13. The van der Waals surface area contributed by atoms with Gasteiger partial charge in [0.1, 0.15) is 0 Å². The molecule has 0 fully saturated rings. The molecule has 0 radical (unpaired) electrons. The largest absolute Gasteiger partial charge is 0.490 e. The Morgan fingerprint density at radius 2 is 2.15 bits per heavy atom. The highest BCUT2D eigenvalue weighted by molar-refractivity contribution is 7.09. The molecule has 1 aliphatic heterocycles. The molecule has 0 unspecified atom stereocenters. The van der Waals surface area contributed by atoms with Crippen molar-refractivity contribution in [3.63, 3.8) is 0 Å². The number of carboxylic acids is 1. The van der Waals surface area contributed by atoms with Crippen LogP contribution >= 0.6 is 11.3 Å². The summed E-state index contributed by atoms with van der Waals surface area (Å²) in [6, 6.07) is 4.33. The second kappa shape index (κ2) is 8.54. The molecule has 0 saturated heterocycles. The Labute approximate surface area is 152 Å². The third kappa shape index (κ3) is 5.21. The van der Waals surface area contributed by atoms with Crippen LogP contribution in [0.2, 0.25) is 0 Å².